The Bertz CT molecular complexity index is 479. The van der Waals surface area contributed by atoms with E-state index in [2.05, 4.69) is 80.4 Å². The van der Waals surface area contributed by atoms with Gasteiger partial charge in [0.25, 0.3) is 0 Å². The van der Waals surface area contributed by atoms with Gasteiger partial charge in [0.15, 0.2) is 7.14 Å². The van der Waals surface area contributed by atoms with Gasteiger partial charge in [-0.15, -0.1) is 0 Å². The summed E-state index contributed by atoms with van der Waals surface area (Å²) < 4.78 is 44.2. The molecule has 0 aromatic heterocycles. The highest BCUT2D eigenvalue weighted by atomic mass is 127. The first-order valence-corrected chi connectivity index (χ1v) is 9.02. The normalized spacial score (nSPS) is 10.7. The lowest BCUT2D eigenvalue weighted by molar-refractivity contribution is -0.597. The Morgan fingerprint density at radius 3 is 1.15 bits per heavy atom. The summed E-state index contributed by atoms with van der Waals surface area (Å²) in [5.74, 6) is 0. The summed E-state index contributed by atoms with van der Waals surface area (Å²) in [6, 6.07) is 17.2. The average molecular weight is 526 g/mol. The third-order valence-electron chi connectivity index (χ3n) is 1.83. The third kappa shape index (κ3) is 8.96. The van der Waals surface area contributed by atoms with Crippen LogP contribution >= 0.6 is 31.9 Å². The van der Waals surface area contributed by atoms with Crippen molar-refractivity contribution in [2.45, 2.75) is 0 Å². The summed E-state index contributed by atoms with van der Waals surface area (Å²) in [5, 5.41) is 0. The second-order valence-electron chi connectivity index (χ2n) is 3.46. The van der Waals surface area contributed by atoms with Crippen LogP contribution in [-0.2, 0) is 0 Å². The fourth-order valence-electron chi connectivity index (χ4n) is 1.11. The number of benzene rings is 2. The molecular formula is C12H8BBr2F4I. The van der Waals surface area contributed by atoms with Crippen molar-refractivity contribution in [3.05, 3.63) is 64.6 Å². The first-order chi connectivity index (χ1) is 9.24. The lowest BCUT2D eigenvalue weighted by Gasteiger charge is -1.94. The molecule has 2 aromatic carbocycles. The largest absolute Gasteiger partial charge is 0.673 e. The Hall–Kier alpha value is -0.0851. The van der Waals surface area contributed by atoms with Crippen molar-refractivity contribution in [1.82, 2.24) is 0 Å². The molecule has 0 saturated heterocycles. The predicted molar refractivity (Wildman–Crippen MR) is 75.9 cm³/mol. The molecular weight excluding hydrogens is 518 g/mol. The van der Waals surface area contributed by atoms with Crippen LogP contribution in [0.5, 0.6) is 0 Å². The van der Waals surface area contributed by atoms with Gasteiger partial charge in [-0.05, 0) is 48.5 Å². The van der Waals surface area contributed by atoms with Gasteiger partial charge in [-0.25, -0.2) is 0 Å². The van der Waals surface area contributed by atoms with E-state index >= 15 is 0 Å². The van der Waals surface area contributed by atoms with E-state index in [-0.39, 0.29) is 21.2 Å². The zero-order valence-electron chi connectivity index (χ0n) is 9.84. The van der Waals surface area contributed by atoms with Crippen molar-refractivity contribution in [2.24, 2.45) is 0 Å². The van der Waals surface area contributed by atoms with Gasteiger partial charge < -0.3 is 17.3 Å². The minimum atomic E-state index is -6.00. The van der Waals surface area contributed by atoms with E-state index in [0.717, 1.165) is 8.95 Å². The van der Waals surface area contributed by atoms with Gasteiger partial charge in [-0.2, -0.15) is 0 Å². The van der Waals surface area contributed by atoms with Gasteiger partial charge >= 0.3 is 28.5 Å². The molecule has 0 aliphatic heterocycles. The molecule has 0 N–H and O–H groups in total. The molecule has 2 rings (SSSR count). The van der Waals surface area contributed by atoms with E-state index in [9.17, 15) is 17.3 Å². The fourth-order valence-corrected chi connectivity index (χ4v) is 3.80. The highest BCUT2D eigenvalue weighted by molar-refractivity contribution is 9.10. The van der Waals surface area contributed by atoms with E-state index < -0.39 is 7.25 Å². The first kappa shape index (κ1) is 18.0. The monoisotopic (exact) mass is 524 g/mol. The molecule has 108 valence electrons. The van der Waals surface area contributed by atoms with Crippen molar-refractivity contribution in [3.8, 4) is 0 Å². The van der Waals surface area contributed by atoms with Gasteiger partial charge in [0.2, 0.25) is 0 Å². The molecule has 0 radical (unpaired) electrons. The zero-order chi connectivity index (χ0) is 15.2. The maximum absolute atomic E-state index is 9.75. The number of hydrogen-bond acceptors (Lipinski definition) is 0. The standard InChI is InChI=1S/C12H8Br2I.BF4/c13-9-1-5-11(6-2-9)15-12-7-3-10(14)4-8-12;2-1(3,4)5/h1-8H;/q+1;-1. The Kier molecular flexibility index (Phi) is 7.53. The van der Waals surface area contributed by atoms with Gasteiger partial charge in [0, 0.05) is 8.95 Å². The summed E-state index contributed by atoms with van der Waals surface area (Å²) >= 11 is 6.85. The van der Waals surface area contributed by atoms with Crippen LogP contribution in [0, 0.1) is 7.14 Å². The Morgan fingerprint density at radius 1 is 0.650 bits per heavy atom. The molecule has 0 saturated carbocycles. The molecule has 0 nitrogen and oxygen atoms in total. The van der Waals surface area contributed by atoms with E-state index in [1.165, 1.54) is 7.14 Å². The highest BCUT2D eigenvalue weighted by Crippen LogP contribution is 2.07. The number of rotatable bonds is 2. The second kappa shape index (κ2) is 8.38. The molecule has 0 unspecified atom stereocenters. The van der Waals surface area contributed by atoms with Crippen LogP contribution in [0.1, 0.15) is 0 Å². The third-order valence-corrected chi connectivity index (χ3v) is 5.57. The van der Waals surface area contributed by atoms with Crippen LogP contribution in [-0.4, -0.2) is 7.25 Å². The van der Waals surface area contributed by atoms with Crippen LogP contribution in [0.4, 0.5) is 17.3 Å². The minimum Gasteiger partial charge on any atom is -0.418 e. The molecule has 0 spiro atoms. The fraction of sp³-hybridized carbons (Fsp3) is 0. The molecule has 0 aliphatic rings. The van der Waals surface area contributed by atoms with Crippen LogP contribution in [0.2, 0.25) is 0 Å². The lowest BCUT2D eigenvalue weighted by Crippen LogP contribution is -3.61. The molecule has 0 fully saturated rings. The first-order valence-electron chi connectivity index (χ1n) is 5.27. The van der Waals surface area contributed by atoms with Gasteiger partial charge in [0.1, 0.15) is 0 Å². The zero-order valence-corrected chi connectivity index (χ0v) is 15.2. The summed E-state index contributed by atoms with van der Waals surface area (Å²) in [4.78, 5) is 0. The molecule has 2 aromatic rings. The molecule has 0 amide bonds. The van der Waals surface area contributed by atoms with Crippen LogP contribution in [0.15, 0.2) is 57.5 Å². The Labute approximate surface area is 141 Å². The minimum absolute atomic E-state index is 0.0385. The molecule has 8 heteroatoms. The summed E-state index contributed by atoms with van der Waals surface area (Å²) in [7, 11) is -6.00. The molecule has 0 atom stereocenters. The van der Waals surface area contributed by atoms with E-state index in [4.69, 9.17) is 0 Å². The molecule has 0 heterocycles. The highest BCUT2D eigenvalue weighted by Gasteiger charge is 2.20. The Morgan fingerprint density at radius 2 is 0.900 bits per heavy atom. The van der Waals surface area contributed by atoms with Crippen LogP contribution < -0.4 is 21.2 Å². The van der Waals surface area contributed by atoms with Crippen LogP contribution in [0.25, 0.3) is 0 Å². The quantitative estimate of drug-likeness (QED) is 0.321. The molecule has 20 heavy (non-hydrogen) atoms. The van der Waals surface area contributed by atoms with Crippen molar-refractivity contribution in [3.63, 3.8) is 0 Å². The van der Waals surface area contributed by atoms with E-state index in [1.54, 1.807) is 0 Å². The second-order valence-corrected chi connectivity index (χ2v) is 8.32. The van der Waals surface area contributed by atoms with Crippen LogP contribution in [0.3, 0.4) is 0 Å². The molecule has 0 bridgehead atoms. The van der Waals surface area contributed by atoms with E-state index in [1.807, 2.05) is 0 Å². The predicted octanol–water partition coefficient (Wildman–Crippen LogP) is 2.64. The van der Waals surface area contributed by atoms with Crippen molar-refractivity contribution >= 4 is 39.1 Å². The lowest BCUT2D eigenvalue weighted by atomic mass is 10.3. The van der Waals surface area contributed by atoms with Gasteiger partial charge in [-0.3, -0.25) is 0 Å². The smallest absolute Gasteiger partial charge is 0.418 e. The maximum atomic E-state index is 9.75. The topological polar surface area (TPSA) is 0 Å². The van der Waals surface area contributed by atoms with Crippen molar-refractivity contribution in [2.75, 3.05) is 0 Å². The molecule has 0 aliphatic carbocycles. The van der Waals surface area contributed by atoms with Gasteiger partial charge in [-0.1, -0.05) is 31.9 Å². The maximum Gasteiger partial charge on any atom is 0.673 e. The SMILES string of the molecule is Brc1ccc([I+]c2ccc(Br)cc2)cc1.F[B-](F)(F)F. The summed E-state index contributed by atoms with van der Waals surface area (Å²) in [5.41, 5.74) is 0. The summed E-state index contributed by atoms with van der Waals surface area (Å²) in [6.07, 6.45) is 0. The van der Waals surface area contributed by atoms with Crippen molar-refractivity contribution < 1.29 is 38.5 Å². The number of hydrogen-bond donors (Lipinski definition) is 0. The average Bonchev–Trinajstić information content (AvgIpc) is 2.33. The van der Waals surface area contributed by atoms with Crippen molar-refractivity contribution in [1.29, 1.82) is 0 Å². The summed E-state index contributed by atoms with van der Waals surface area (Å²) in [6.45, 7) is 0. The number of halogens is 7. The van der Waals surface area contributed by atoms with Gasteiger partial charge in [0.05, 0.1) is 0 Å². The van der Waals surface area contributed by atoms with E-state index in [0.29, 0.717) is 0 Å². The Balaban J connectivity index is 0.000000347.